The first-order valence-electron chi connectivity index (χ1n) is 12.0. The fourth-order valence-corrected chi connectivity index (χ4v) is 6.17. The lowest BCUT2D eigenvalue weighted by atomic mass is 9.79. The van der Waals surface area contributed by atoms with Crippen LogP contribution < -0.4 is 5.46 Å². The van der Waals surface area contributed by atoms with Crippen LogP contribution in [0.1, 0.15) is 25.0 Å². The quantitative estimate of drug-likeness (QED) is 0.320. The molecule has 0 bridgehead atoms. The van der Waals surface area contributed by atoms with E-state index in [9.17, 15) is 10.0 Å². The molecule has 0 unspecified atom stereocenters. The molecule has 1 aromatic heterocycles. The first-order chi connectivity index (χ1) is 16.9. The van der Waals surface area contributed by atoms with E-state index >= 15 is 0 Å². The van der Waals surface area contributed by atoms with Crippen LogP contribution >= 0.6 is 0 Å². The second-order valence-electron chi connectivity index (χ2n) is 10.1. The Balaban J connectivity index is 1.64. The third-order valence-corrected chi connectivity index (χ3v) is 7.76. The Hall–Kier alpha value is -3.86. The Kier molecular flexibility index (Phi) is 4.15. The molecule has 6 aromatic rings. The van der Waals surface area contributed by atoms with Crippen LogP contribution in [-0.2, 0) is 5.41 Å². The predicted molar refractivity (Wildman–Crippen MR) is 146 cm³/mol. The summed E-state index contributed by atoms with van der Waals surface area (Å²) in [5, 5.41) is 24.3. The van der Waals surface area contributed by atoms with E-state index in [1.54, 1.807) is 6.07 Å². The Morgan fingerprint density at radius 3 is 2.20 bits per heavy atom. The summed E-state index contributed by atoms with van der Waals surface area (Å²) in [5.74, 6) is 0. The van der Waals surface area contributed by atoms with Gasteiger partial charge in [0.15, 0.2) is 0 Å². The average Bonchev–Trinajstić information content (AvgIpc) is 3.31. The Morgan fingerprint density at radius 2 is 1.40 bits per heavy atom. The number of para-hydroxylation sites is 1. The van der Waals surface area contributed by atoms with Crippen molar-refractivity contribution in [3.05, 3.63) is 108 Å². The van der Waals surface area contributed by atoms with E-state index in [1.807, 2.05) is 18.2 Å². The molecule has 1 aliphatic rings. The van der Waals surface area contributed by atoms with Gasteiger partial charge in [-0.2, -0.15) is 0 Å². The summed E-state index contributed by atoms with van der Waals surface area (Å²) in [6, 6.07) is 33.9. The lowest BCUT2D eigenvalue weighted by Gasteiger charge is -2.23. The van der Waals surface area contributed by atoms with E-state index in [4.69, 9.17) is 0 Å². The highest BCUT2D eigenvalue weighted by atomic mass is 16.4. The van der Waals surface area contributed by atoms with Crippen molar-refractivity contribution in [2.75, 3.05) is 0 Å². The molecule has 2 N–H and O–H groups in total. The van der Waals surface area contributed by atoms with E-state index in [2.05, 4.69) is 91.2 Å². The summed E-state index contributed by atoms with van der Waals surface area (Å²) in [5.41, 5.74) is 9.01. The monoisotopic (exact) mass is 453 g/mol. The summed E-state index contributed by atoms with van der Waals surface area (Å²) < 4.78 is 2.28. The average molecular weight is 453 g/mol. The van der Waals surface area contributed by atoms with Gasteiger partial charge in [-0.05, 0) is 68.8 Å². The van der Waals surface area contributed by atoms with Gasteiger partial charge in [0.05, 0.1) is 11.0 Å². The van der Waals surface area contributed by atoms with Gasteiger partial charge in [-0.3, -0.25) is 0 Å². The van der Waals surface area contributed by atoms with Crippen molar-refractivity contribution in [2.45, 2.75) is 19.3 Å². The summed E-state index contributed by atoms with van der Waals surface area (Å²) in [6.07, 6.45) is 0. The van der Waals surface area contributed by atoms with Gasteiger partial charge in [0, 0.05) is 21.9 Å². The number of fused-ring (bicyclic) bond motifs is 8. The van der Waals surface area contributed by atoms with Crippen LogP contribution in [0.5, 0.6) is 0 Å². The third-order valence-electron chi connectivity index (χ3n) is 7.76. The molecule has 0 atom stereocenters. The van der Waals surface area contributed by atoms with Crippen LogP contribution in [0.3, 0.4) is 0 Å². The molecular formula is C31H24BNO2. The van der Waals surface area contributed by atoms with Crippen molar-refractivity contribution < 1.29 is 10.0 Å². The molecule has 0 aliphatic heterocycles. The van der Waals surface area contributed by atoms with E-state index < -0.39 is 7.12 Å². The minimum Gasteiger partial charge on any atom is -0.423 e. The van der Waals surface area contributed by atoms with Gasteiger partial charge in [-0.15, -0.1) is 0 Å². The van der Waals surface area contributed by atoms with E-state index in [-0.39, 0.29) is 5.41 Å². The van der Waals surface area contributed by atoms with Crippen molar-refractivity contribution in [1.82, 2.24) is 4.57 Å². The zero-order valence-electron chi connectivity index (χ0n) is 19.7. The second-order valence-corrected chi connectivity index (χ2v) is 10.1. The van der Waals surface area contributed by atoms with Crippen molar-refractivity contribution >= 4 is 45.2 Å². The molecule has 1 heterocycles. The topological polar surface area (TPSA) is 45.4 Å². The summed E-state index contributed by atoms with van der Waals surface area (Å²) in [6.45, 7) is 4.64. The molecule has 3 nitrogen and oxygen atoms in total. The molecular weight excluding hydrogens is 429 g/mol. The fourth-order valence-electron chi connectivity index (χ4n) is 6.17. The van der Waals surface area contributed by atoms with Gasteiger partial charge in [-0.25, -0.2) is 0 Å². The van der Waals surface area contributed by atoms with E-state index in [0.29, 0.717) is 5.46 Å². The Labute approximate surface area is 204 Å². The highest BCUT2D eigenvalue weighted by molar-refractivity contribution is 6.59. The van der Waals surface area contributed by atoms with Crippen molar-refractivity contribution in [3.63, 3.8) is 0 Å². The Morgan fingerprint density at radius 1 is 0.657 bits per heavy atom. The van der Waals surface area contributed by atoms with Crippen LogP contribution in [0.2, 0.25) is 0 Å². The molecule has 1 aliphatic carbocycles. The summed E-state index contributed by atoms with van der Waals surface area (Å²) in [4.78, 5) is 0. The highest BCUT2D eigenvalue weighted by Gasteiger charge is 2.36. The maximum absolute atomic E-state index is 9.85. The Bertz CT molecular complexity index is 1800. The molecule has 0 saturated carbocycles. The highest BCUT2D eigenvalue weighted by Crippen LogP contribution is 2.51. The largest absolute Gasteiger partial charge is 0.488 e. The van der Waals surface area contributed by atoms with Crippen LogP contribution in [0.25, 0.3) is 49.4 Å². The first-order valence-corrected chi connectivity index (χ1v) is 12.0. The molecule has 35 heavy (non-hydrogen) atoms. The van der Waals surface area contributed by atoms with E-state index in [0.717, 1.165) is 27.5 Å². The molecule has 0 amide bonds. The van der Waals surface area contributed by atoms with Gasteiger partial charge in [-0.1, -0.05) is 80.6 Å². The molecule has 4 heteroatoms. The molecule has 5 aromatic carbocycles. The fraction of sp³-hybridized carbons (Fsp3) is 0.0968. The lowest BCUT2D eigenvalue weighted by Crippen LogP contribution is -2.29. The van der Waals surface area contributed by atoms with Gasteiger partial charge in [0.25, 0.3) is 0 Å². The van der Waals surface area contributed by atoms with Gasteiger partial charge in [0.1, 0.15) is 0 Å². The van der Waals surface area contributed by atoms with Gasteiger partial charge in [0.2, 0.25) is 0 Å². The smallest absolute Gasteiger partial charge is 0.423 e. The first kappa shape index (κ1) is 20.5. The van der Waals surface area contributed by atoms with Crippen molar-refractivity contribution in [1.29, 1.82) is 0 Å². The second kappa shape index (κ2) is 7.08. The molecule has 0 fully saturated rings. The van der Waals surface area contributed by atoms with Crippen LogP contribution in [0, 0.1) is 0 Å². The van der Waals surface area contributed by atoms with Crippen molar-refractivity contribution in [2.24, 2.45) is 0 Å². The predicted octanol–water partition coefficient (Wildman–Crippen LogP) is 5.92. The molecule has 7 rings (SSSR count). The van der Waals surface area contributed by atoms with Crippen LogP contribution in [0.4, 0.5) is 0 Å². The van der Waals surface area contributed by atoms with Crippen LogP contribution in [0.15, 0.2) is 97.1 Å². The van der Waals surface area contributed by atoms with E-state index in [1.165, 1.54) is 33.0 Å². The SMILES string of the molecule is CC1(C)c2ccccc2-c2ccc3cc4c5cc(B(O)O)ccc5n(-c5ccccc5)c4cc3c21. The molecule has 0 saturated heterocycles. The number of aromatic nitrogens is 1. The lowest BCUT2D eigenvalue weighted by molar-refractivity contribution is 0.426. The number of rotatable bonds is 2. The normalized spacial score (nSPS) is 13.9. The molecule has 168 valence electrons. The summed E-state index contributed by atoms with van der Waals surface area (Å²) >= 11 is 0. The molecule has 0 spiro atoms. The maximum Gasteiger partial charge on any atom is 0.488 e. The zero-order valence-corrected chi connectivity index (χ0v) is 19.7. The van der Waals surface area contributed by atoms with Crippen LogP contribution in [-0.4, -0.2) is 21.7 Å². The number of hydrogen-bond acceptors (Lipinski definition) is 2. The minimum atomic E-state index is -1.50. The molecule has 0 radical (unpaired) electrons. The van der Waals surface area contributed by atoms with Gasteiger partial charge >= 0.3 is 7.12 Å². The standard InChI is InChI=1S/C31H24BNO2/c1-31(2)27-11-7-6-10-22(27)23-14-12-19-16-25-26-17-20(32(34)35)13-15-28(26)33(21-8-4-3-5-9-21)29(25)18-24(19)30(23)31/h3-18,34-35H,1-2H3. The maximum atomic E-state index is 9.85. The minimum absolute atomic E-state index is 0.100. The number of hydrogen-bond donors (Lipinski definition) is 2. The third kappa shape index (κ3) is 2.75. The zero-order chi connectivity index (χ0) is 23.9. The van der Waals surface area contributed by atoms with Gasteiger partial charge < -0.3 is 14.6 Å². The summed E-state index contributed by atoms with van der Waals surface area (Å²) in [7, 11) is -1.50. The van der Waals surface area contributed by atoms with Crippen molar-refractivity contribution in [3.8, 4) is 16.8 Å². The number of benzene rings is 5. The number of nitrogens with zero attached hydrogens (tertiary/aromatic N) is 1.